The Kier molecular flexibility index (Phi) is 6.75. The van der Waals surface area contributed by atoms with Crippen LogP contribution >= 0.6 is 0 Å². The number of benzene rings is 2. The van der Waals surface area contributed by atoms with Crippen LogP contribution in [0.4, 0.5) is 0 Å². The van der Waals surface area contributed by atoms with E-state index in [-0.39, 0.29) is 49.6 Å². The number of nitrogens with zero attached hydrogens (tertiary/aromatic N) is 1. The topological polar surface area (TPSA) is 102 Å². The molecule has 5 rings (SSSR count). The third-order valence-electron chi connectivity index (χ3n) is 6.33. The monoisotopic (exact) mass is 493 g/mol. The van der Waals surface area contributed by atoms with Crippen LogP contribution in [0.3, 0.4) is 0 Å². The predicted octanol–water partition coefficient (Wildman–Crippen LogP) is 2.70. The Balaban J connectivity index is 1.33. The fraction of sp³-hybridized carbons (Fsp3) is 0.370. The highest BCUT2D eigenvalue weighted by atomic mass is 16.7. The zero-order chi connectivity index (χ0) is 25.2. The van der Waals surface area contributed by atoms with Crippen molar-refractivity contribution < 1.29 is 33.3 Å². The lowest BCUT2D eigenvalue weighted by Crippen LogP contribution is -2.36. The van der Waals surface area contributed by atoms with Crippen LogP contribution in [0.1, 0.15) is 29.8 Å². The Labute approximate surface area is 207 Å². The van der Waals surface area contributed by atoms with E-state index in [9.17, 15) is 14.4 Å². The quantitative estimate of drug-likeness (QED) is 0.463. The normalized spacial score (nSPS) is 22.8. The molecule has 0 bridgehead atoms. The van der Waals surface area contributed by atoms with Crippen molar-refractivity contribution in [3.63, 3.8) is 0 Å². The van der Waals surface area contributed by atoms with Crippen LogP contribution in [0.15, 0.2) is 59.4 Å². The number of carbonyl (C=O) groups is 2. The Morgan fingerprint density at radius 2 is 1.69 bits per heavy atom. The third kappa shape index (κ3) is 4.72. The first-order valence-electron chi connectivity index (χ1n) is 11.9. The molecule has 9 heteroatoms. The first-order chi connectivity index (χ1) is 17.4. The zero-order valence-corrected chi connectivity index (χ0v) is 20.0. The molecule has 2 fully saturated rings. The van der Waals surface area contributed by atoms with Gasteiger partial charge in [-0.25, -0.2) is 4.79 Å². The van der Waals surface area contributed by atoms with Gasteiger partial charge in [0.25, 0.3) is 5.56 Å². The first-order valence-corrected chi connectivity index (χ1v) is 11.9. The van der Waals surface area contributed by atoms with E-state index in [4.69, 9.17) is 23.7 Å². The molecular weight excluding hydrogens is 466 g/mol. The highest BCUT2D eigenvalue weighted by Crippen LogP contribution is 2.31. The van der Waals surface area contributed by atoms with E-state index in [2.05, 4.69) is 0 Å². The van der Waals surface area contributed by atoms with Crippen molar-refractivity contribution in [3.05, 3.63) is 76.1 Å². The standard InChI is InChI=1S/C27H27NO8/c1-3-32-27(31)20-12-18-6-4-5-7-21(18)28(26(20)30)13-17-8-10-19(11-9-17)36-23-15-34-24-22(35-16(2)29)14-33-25(23)24/h4-12,22-25H,3,13-15H2,1-2H3/t22-,23-,24+,25+/m0/s1. The smallest absolute Gasteiger partial charge is 0.343 e. The molecule has 9 nitrogen and oxygen atoms in total. The van der Waals surface area contributed by atoms with E-state index in [0.717, 1.165) is 16.5 Å². The molecule has 36 heavy (non-hydrogen) atoms. The Bertz CT molecular complexity index is 1330. The van der Waals surface area contributed by atoms with E-state index in [0.29, 0.717) is 12.4 Å². The van der Waals surface area contributed by atoms with Gasteiger partial charge in [0.15, 0.2) is 12.2 Å². The van der Waals surface area contributed by atoms with Crippen LogP contribution in [-0.4, -0.2) is 60.7 Å². The number of aromatic nitrogens is 1. The van der Waals surface area contributed by atoms with Gasteiger partial charge in [-0.2, -0.15) is 0 Å². The van der Waals surface area contributed by atoms with E-state index in [1.807, 2.05) is 48.5 Å². The molecule has 2 aromatic carbocycles. The molecule has 0 unspecified atom stereocenters. The maximum atomic E-state index is 13.2. The Hall–Kier alpha value is -3.69. The van der Waals surface area contributed by atoms with Gasteiger partial charge in [0.05, 0.1) is 31.9 Å². The van der Waals surface area contributed by atoms with Gasteiger partial charge in [-0.1, -0.05) is 30.3 Å². The maximum absolute atomic E-state index is 13.2. The molecule has 3 heterocycles. The minimum absolute atomic E-state index is 0.00918. The lowest BCUT2D eigenvalue weighted by atomic mass is 10.1. The molecule has 3 aromatic rings. The number of para-hydroxylation sites is 1. The van der Waals surface area contributed by atoms with Gasteiger partial charge in [-0.15, -0.1) is 0 Å². The molecule has 0 aliphatic carbocycles. The van der Waals surface area contributed by atoms with Crippen molar-refractivity contribution in [2.75, 3.05) is 19.8 Å². The Morgan fingerprint density at radius 3 is 2.42 bits per heavy atom. The highest BCUT2D eigenvalue weighted by Gasteiger charge is 2.50. The van der Waals surface area contributed by atoms with E-state index >= 15 is 0 Å². The second kappa shape index (κ2) is 10.1. The van der Waals surface area contributed by atoms with Gasteiger partial charge in [0.1, 0.15) is 23.5 Å². The van der Waals surface area contributed by atoms with Crippen molar-refractivity contribution in [2.45, 2.75) is 44.8 Å². The minimum Gasteiger partial charge on any atom is -0.485 e. The van der Waals surface area contributed by atoms with Gasteiger partial charge < -0.3 is 28.3 Å². The average Bonchev–Trinajstić information content (AvgIpc) is 3.45. The summed E-state index contributed by atoms with van der Waals surface area (Å²) in [7, 11) is 0. The fourth-order valence-electron chi connectivity index (χ4n) is 4.71. The molecule has 2 aliphatic rings. The number of hydrogen-bond acceptors (Lipinski definition) is 8. The van der Waals surface area contributed by atoms with Crippen molar-refractivity contribution >= 4 is 22.8 Å². The SMILES string of the molecule is CCOC(=O)c1cc2ccccc2n(Cc2ccc(O[C@H]3CO[C@H]4[C@@H]3OC[C@@H]4OC(C)=O)cc2)c1=O. The molecular formula is C27H27NO8. The molecule has 2 saturated heterocycles. The van der Waals surface area contributed by atoms with Crippen LogP contribution in [0, 0.1) is 0 Å². The van der Waals surface area contributed by atoms with Gasteiger partial charge in [-0.3, -0.25) is 9.59 Å². The second-order valence-electron chi connectivity index (χ2n) is 8.77. The molecule has 1 aromatic heterocycles. The zero-order valence-electron chi connectivity index (χ0n) is 20.0. The number of pyridine rings is 1. The number of carbonyl (C=O) groups excluding carboxylic acids is 2. The summed E-state index contributed by atoms with van der Waals surface area (Å²) in [4.78, 5) is 36.8. The number of rotatable bonds is 7. The van der Waals surface area contributed by atoms with Crippen molar-refractivity contribution in [1.29, 1.82) is 0 Å². The van der Waals surface area contributed by atoms with Crippen LogP contribution < -0.4 is 10.3 Å². The van der Waals surface area contributed by atoms with Crippen LogP contribution in [-0.2, 0) is 30.3 Å². The average molecular weight is 494 g/mol. The van der Waals surface area contributed by atoms with Crippen LogP contribution in [0.2, 0.25) is 0 Å². The molecule has 0 amide bonds. The number of esters is 2. The predicted molar refractivity (Wildman–Crippen MR) is 129 cm³/mol. The lowest BCUT2D eigenvalue weighted by molar-refractivity contribution is -0.150. The molecule has 0 N–H and O–H groups in total. The van der Waals surface area contributed by atoms with E-state index in [1.54, 1.807) is 17.6 Å². The van der Waals surface area contributed by atoms with Crippen LogP contribution in [0.5, 0.6) is 5.75 Å². The molecule has 0 saturated carbocycles. The van der Waals surface area contributed by atoms with Gasteiger partial charge >= 0.3 is 11.9 Å². The second-order valence-corrected chi connectivity index (χ2v) is 8.77. The summed E-state index contributed by atoms with van der Waals surface area (Å²) in [6.07, 6.45) is -1.41. The largest absolute Gasteiger partial charge is 0.485 e. The van der Waals surface area contributed by atoms with Crippen molar-refractivity contribution in [3.8, 4) is 5.75 Å². The lowest BCUT2D eigenvalue weighted by Gasteiger charge is -2.18. The van der Waals surface area contributed by atoms with Crippen LogP contribution in [0.25, 0.3) is 10.9 Å². The summed E-state index contributed by atoms with van der Waals surface area (Å²) in [5.41, 5.74) is 1.20. The summed E-state index contributed by atoms with van der Waals surface area (Å²) in [6, 6.07) is 16.4. The van der Waals surface area contributed by atoms with E-state index in [1.165, 1.54) is 6.92 Å². The van der Waals surface area contributed by atoms with Crippen molar-refractivity contribution in [1.82, 2.24) is 4.57 Å². The molecule has 2 aliphatic heterocycles. The number of hydrogen-bond donors (Lipinski definition) is 0. The highest BCUT2D eigenvalue weighted by molar-refractivity contribution is 5.93. The summed E-state index contributed by atoms with van der Waals surface area (Å²) < 4.78 is 29.6. The summed E-state index contributed by atoms with van der Waals surface area (Å²) in [6.45, 7) is 4.14. The third-order valence-corrected chi connectivity index (χ3v) is 6.33. The summed E-state index contributed by atoms with van der Waals surface area (Å²) in [5.74, 6) is -0.370. The van der Waals surface area contributed by atoms with Gasteiger partial charge in [0, 0.05) is 6.92 Å². The number of ether oxygens (including phenoxy) is 5. The molecule has 188 valence electrons. The minimum atomic E-state index is -0.632. The number of fused-ring (bicyclic) bond motifs is 2. The molecule has 4 atom stereocenters. The first kappa shape index (κ1) is 24.0. The Morgan fingerprint density at radius 1 is 1.00 bits per heavy atom. The summed E-state index contributed by atoms with van der Waals surface area (Å²) >= 11 is 0. The fourth-order valence-corrected chi connectivity index (χ4v) is 4.71. The maximum Gasteiger partial charge on any atom is 0.343 e. The van der Waals surface area contributed by atoms with Gasteiger partial charge in [-0.05, 0) is 42.1 Å². The van der Waals surface area contributed by atoms with Gasteiger partial charge in [0.2, 0.25) is 0 Å². The molecule has 0 radical (unpaired) electrons. The molecule has 0 spiro atoms. The van der Waals surface area contributed by atoms with Crippen molar-refractivity contribution in [2.24, 2.45) is 0 Å². The summed E-state index contributed by atoms with van der Waals surface area (Å²) in [5, 5.41) is 0.777. The van der Waals surface area contributed by atoms with E-state index < -0.39 is 17.6 Å².